The summed E-state index contributed by atoms with van der Waals surface area (Å²) < 4.78 is 10.5. The molecule has 3 aliphatic rings. The lowest BCUT2D eigenvalue weighted by molar-refractivity contribution is -0.226. The number of ether oxygens (including phenoxy) is 2. The summed E-state index contributed by atoms with van der Waals surface area (Å²) >= 11 is 0. The van der Waals surface area contributed by atoms with Crippen molar-refractivity contribution in [1.82, 2.24) is 0 Å². The summed E-state index contributed by atoms with van der Waals surface area (Å²) in [5.41, 5.74) is 0. The van der Waals surface area contributed by atoms with Gasteiger partial charge in [-0.05, 0) is 5.90 Å². The first kappa shape index (κ1) is 9.26. The van der Waals surface area contributed by atoms with Gasteiger partial charge in [0.15, 0.2) is 0 Å². The number of carbonyl (C=O) groups excluding carboxylic acids is 1. The summed E-state index contributed by atoms with van der Waals surface area (Å²) in [5.74, 6) is -2.04. The summed E-state index contributed by atoms with van der Waals surface area (Å²) in [6.45, 7) is 0. The molecule has 3 rings (SSSR count). The first-order valence-electron chi connectivity index (χ1n) is 4.81. The maximum atomic E-state index is 11.4. The maximum Gasteiger partial charge on any atom is 0.251 e. The molecule has 2 fully saturated rings. The van der Waals surface area contributed by atoms with Gasteiger partial charge in [-0.15, -0.1) is 0 Å². The molecule has 0 aromatic rings. The van der Waals surface area contributed by atoms with E-state index in [4.69, 9.17) is 9.47 Å². The molecule has 1 amide bonds. The summed E-state index contributed by atoms with van der Waals surface area (Å²) in [5, 5.41) is 21.2. The zero-order valence-corrected chi connectivity index (χ0v) is 7.99. The van der Waals surface area contributed by atoms with Gasteiger partial charge >= 0.3 is 0 Å². The Morgan fingerprint density at radius 2 is 2.20 bits per heavy atom. The van der Waals surface area contributed by atoms with Gasteiger partial charge in [0, 0.05) is 13.0 Å². The van der Waals surface area contributed by atoms with E-state index in [0.717, 1.165) is 0 Å². The van der Waals surface area contributed by atoms with Gasteiger partial charge in [-0.1, -0.05) is 0 Å². The standard InChI is InChI=1S/C9H11NO5/c1-14-7-4(11)5-2-3(6(7)15-5)9(13)10-8(2)12/h2-7,11H,1H3,(H,10,12,13)/p-1. The number of methoxy groups -OCH3 is 1. The van der Waals surface area contributed by atoms with Crippen molar-refractivity contribution < 1.29 is 24.5 Å². The van der Waals surface area contributed by atoms with Gasteiger partial charge in [0.25, 0.3) is 5.91 Å². The van der Waals surface area contributed by atoms with Crippen LogP contribution in [0.15, 0.2) is 4.99 Å². The van der Waals surface area contributed by atoms with Crippen LogP contribution in [-0.4, -0.2) is 48.4 Å². The minimum atomic E-state index is -0.841. The molecule has 0 aromatic carbocycles. The van der Waals surface area contributed by atoms with Crippen molar-refractivity contribution in [2.24, 2.45) is 16.8 Å². The van der Waals surface area contributed by atoms with E-state index in [1.54, 1.807) is 0 Å². The first-order valence-corrected chi connectivity index (χ1v) is 4.81. The van der Waals surface area contributed by atoms with Gasteiger partial charge in [0.05, 0.1) is 18.1 Å². The minimum absolute atomic E-state index is 0.438. The monoisotopic (exact) mass is 212 g/mol. The minimum Gasteiger partial charge on any atom is -0.861 e. The van der Waals surface area contributed by atoms with Crippen molar-refractivity contribution in [2.45, 2.75) is 24.4 Å². The number of fused-ring (bicyclic) bond motifs is 5. The number of rotatable bonds is 1. The van der Waals surface area contributed by atoms with Crippen LogP contribution < -0.4 is 5.11 Å². The van der Waals surface area contributed by atoms with Crippen molar-refractivity contribution in [3.63, 3.8) is 0 Å². The quantitative estimate of drug-likeness (QED) is 0.526. The molecule has 1 N–H and O–H groups in total. The summed E-state index contributed by atoms with van der Waals surface area (Å²) in [7, 11) is 1.45. The molecule has 0 spiro atoms. The topological polar surface area (TPSA) is 91.2 Å². The van der Waals surface area contributed by atoms with Gasteiger partial charge in [0.2, 0.25) is 0 Å². The Kier molecular flexibility index (Phi) is 1.72. The Morgan fingerprint density at radius 3 is 2.87 bits per heavy atom. The van der Waals surface area contributed by atoms with Crippen molar-refractivity contribution >= 4 is 11.8 Å². The predicted molar refractivity (Wildman–Crippen MR) is 44.9 cm³/mol. The number of hydrogen-bond donors (Lipinski definition) is 1. The van der Waals surface area contributed by atoms with Gasteiger partial charge in [-0.2, -0.15) is 0 Å². The highest BCUT2D eigenvalue weighted by Crippen LogP contribution is 2.47. The molecule has 6 unspecified atom stereocenters. The van der Waals surface area contributed by atoms with E-state index in [-0.39, 0.29) is 0 Å². The lowest BCUT2D eigenvalue weighted by Gasteiger charge is -2.31. The van der Waals surface area contributed by atoms with Crippen LogP contribution >= 0.6 is 0 Å². The molecular weight excluding hydrogens is 202 g/mol. The summed E-state index contributed by atoms with van der Waals surface area (Å²) in [6.07, 6.45) is -2.53. The summed E-state index contributed by atoms with van der Waals surface area (Å²) in [6, 6.07) is 0. The number of aliphatic hydroxyl groups is 1. The number of aliphatic imine (C=N–C) groups is 1. The molecule has 0 saturated carbocycles. The van der Waals surface area contributed by atoms with E-state index in [0.29, 0.717) is 0 Å². The van der Waals surface area contributed by atoms with Gasteiger partial charge in [-0.3, -0.25) is 4.79 Å². The van der Waals surface area contributed by atoms with E-state index in [9.17, 15) is 15.0 Å². The maximum absolute atomic E-state index is 11.4. The Hall–Kier alpha value is -0.980. The fraction of sp³-hybridized carbons (Fsp3) is 0.778. The summed E-state index contributed by atoms with van der Waals surface area (Å²) in [4.78, 5) is 14.8. The third-order valence-electron chi connectivity index (χ3n) is 3.47. The largest absolute Gasteiger partial charge is 0.861 e. The van der Waals surface area contributed by atoms with Crippen LogP contribution in [0.4, 0.5) is 0 Å². The molecule has 6 atom stereocenters. The van der Waals surface area contributed by atoms with E-state index < -0.39 is 48.1 Å². The molecule has 0 aromatic heterocycles. The number of carbonyl (C=O) groups is 1. The molecule has 2 bridgehead atoms. The van der Waals surface area contributed by atoms with Crippen LogP contribution in [0.3, 0.4) is 0 Å². The van der Waals surface area contributed by atoms with Gasteiger partial charge in [-0.25, -0.2) is 4.99 Å². The Labute approximate surface area is 85.5 Å². The van der Waals surface area contributed by atoms with Crippen LogP contribution in [0.1, 0.15) is 0 Å². The Balaban J connectivity index is 1.97. The molecule has 2 saturated heterocycles. The average Bonchev–Trinajstić information content (AvgIpc) is 2.78. The van der Waals surface area contributed by atoms with Crippen molar-refractivity contribution in [3.8, 4) is 0 Å². The molecular formula is C9H10NO5-. The lowest BCUT2D eigenvalue weighted by Crippen LogP contribution is -2.51. The van der Waals surface area contributed by atoms with Crippen LogP contribution in [0.5, 0.6) is 0 Å². The van der Waals surface area contributed by atoms with Crippen molar-refractivity contribution in [2.75, 3.05) is 7.11 Å². The highest BCUT2D eigenvalue weighted by Gasteiger charge is 2.63. The molecule has 82 valence electrons. The zero-order chi connectivity index (χ0) is 10.7. The second-order valence-corrected chi connectivity index (χ2v) is 4.10. The van der Waals surface area contributed by atoms with Gasteiger partial charge < -0.3 is 19.7 Å². The Bertz CT molecular complexity index is 354. The average molecular weight is 212 g/mol. The van der Waals surface area contributed by atoms with Crippen LogP contribution in [0.2, 0.25) is 0 Å². The fourth-order valence-electron chi connectivity index (χ4n) is 2.83. The number of amides is 1. The molecule has 3 heterocycles. The SMILES string of the molecule is COC1C(O)C2OC1C1C(=O)N=C([O-])C21. The number of hydrogen-bond acceptors (Lipinski definition) is 5. The van der Waals surface area contributed by atoms with Crippen LogP contribution in [-0.2, 0) is 14.3 Å². The third-order valence-corrected chi connectivity index (χ3v) is 3.47. The van der Waals surface area contributed by atoms with E-state index in [1.165, 1.54) is 7.11 Å². The van der Waals surface area contributed by atoms with Crippen molar-refractivity contribution in [3.05, 3.63) is 0 Å². The third kappa shape index (κ3) is 0.940. The number of aliphatic hydroxyl groups excluding tert-OH is 1. The van der Waals surface area contributed by atoms with E-state index in [2.05, 4.69) is 4.99 Å². The second kappa shape index (κ2) is 2.78. The van der Waals surface area contributed by atoms with Gasteiger partial charge in [0.1, 0.15) is 12.2 Å². The molecule has 0 aliphatic carbocycles. The highest BCUT2D eigenvalue weighted by atomic mass is 16.6. The molecule has 0 radical (unpaired) electrons. The van der Waals surface area contributed by atoms with E-state index >= 15 is 0 Å². The normalized spacial score (nSPS) is 52.1. The highest BCUT2D eigenvalue weighted by molar-refractivity contribution is 6.01. The molecule has 15 heavy (non-hydrogen) atoms. The number of nitrogens with zero attached hydrogens (tertiary/aromatic N) is 1. The zero-order valence-electron chi connectivity index (χ0n) is 7.99. The predicted octanol–water partition coefficient (Wildman–Crippen LogP) is -2.33. The first-order chi connectivity index (χ1) is 7.15. The van der Waals surface area contributed by atoms with Crippen LogP contribution in [0, 0.1) is 11.8 Å². The lowest BCUT2D eigenvalue weighted by atomic mass is 9.77. The fourth-order valence-corrected chi connectivity index (χ4v) is 2.83. The van der Waals surface area contributed by atoms with Crippen LogP contribution in [0.25, 0.3) is 0 Å². The second-order valence-electron chi connectivity index (χ2n) is 4.10. The Morgan fingerprint density at radius 1 is 1.47 bits per heavy atom. The van der Waals surface area contributed by atoms with E-state index in [1.807, 2.05) is 0 Å². The smallest absolute Gasteiger partial charge is 0.251 e. The molecule has 6 heteroatoms. The molecule has 3 aliphatic heterocycles. The molecule has 6 nitrogen and oxygen atoms in total. The van der Waals surface area contributed by atoms with Crippen molar-refractivity contribution in [1.29, 1.82) is 0 Å².